The molecule has 1 atom stereocenters. The van der Waals surface area contributed by atoms with E-state index in [0.717, 1.165) is 0 Å². The number of nitrogens with two attached hydrogens (primary N) is 1. The van der Waals surface area contributed by atoms with Crippen LogP contribution in [0.4, 0.5) is 0 Å². The lowest BCUT2D eigenvalue weighted by Crippen LogP contribution is -2.55. The third-order valence-corrected chi connectivity index (χ3v) is 3.55. The third kappa shape index (κ3) is 4.69. The average Bonchev–Trinajstić information content (AvgIpc) is 2.37. The summed E-state index contributed by atoms with van der Waals surface area (Å²) < 4.78 is 5.34. The van der Waals surface area contributed by atoms with E-state index in [-0.39, 0.29) is 17.5 Å². The molecule has 0 heterocycles. The van der Waals surface area contributed by atoms with Crippen LogP contribution in [-0.4, -0.2) is 23.0 Å². The summed E-state index contributed by atoms with van der Waals surface area (Å²) in [5, 5.41) is 3.38. The molecule has 0 saturated carbocycles. The number of carbonyl (C=O) groups excluding carboxylic acids is 1. The standard InChI is InChI=1S/C13H17ClN2O2S/c1-3-13(2,12(15)19)16-11(17)8-18-10-6-4-9(14)5-7-10/h4-7H,3,8H2,1-2H3,(H2,15,19)(H,16,17). The lowest BCUT2D eigenvalue weighted by molar-refractivity contribution is -0.124. The van der Waals surface area contributed by atoms with Crippen LogP contribution in [0.2, 0.25) is 5.02 Å². The molecule has 4 nitrogen and oxygen atoms in total. The lowest BCUT2D eigenvalue weighted by atomic mass is 9.99. The Labute approximate surface area is 123 Å². The van der Waals surface area contributed by atoms with Crippen LogP contribution in [0.5, 0.6) is 5.75 Å². The van der Waals surface area contributed by atoms with Crippen LogP contribution in [0.25, 0.3) is 0 Å². The van der Waals surface area contributed by atoms with Crippen molar-refractivity contribution in [3.63, 3.8) is 0 Å². The summed E-state index contributed by atoms with van der Waals surface area (Å²) in [6.45, 7) is 3.59. The largest absolute Gasteiger partial charge is 0.484 e. The van der Waals surface area contributed by atoms with Crippen LogP contribution in [0.1, 0.15) is 20.3 Å². The molecule has 0 bridgehead atoms. The van der Waals surface area contributed by atoms with Crippen molar-refractivity contribution >= 4 is 34.7 Å². The Morgan fingerprint density at radius 1 is 1.47 bits per heavy atom. The van der Waals surface area contributed by atoms with Crippen molar-refractivity contribution in [1.29, 1.82) is 0 Å². The van der Waals surface area contributed by atoms with Crippen molar-refractivity contribution in [2.24, 2.45) is 5.73 Å². The predicted octanol–water partition coefficient (Wildman–Crippen LogP) is 2.29. The molecule has 0 aliphatic heterocycles. The van der Waals surface area contributed by atoms with E-state index in [1.807, 2.05) is 6.92 Å². The van der Waals surface area contributed by atoms with Crippen LogP contribution in [-0.2, 0) is 4.79 Å². The maximum atomic E-state index is 11.8. The number of amides is 1. The Morgan fingerprint density at radius 2 is 2.05 bits per heavy atom. The zero-order valence-corrected chi connectivity index (χ0v) is 12.5. The molecule has 6 heteroatoms. The van der Waals surface area contributed by atoms with Gasteiger partial charge < -0.3 is 15.8 Å². The first-order chi connectivity index (χ1) is 8.87. The minimum atomic E-state index is -0.685. The Morgan fingerprint density at radius 3 is 2.53 bits per heavy atom. The molecule has 1 rings (SSSR count). The topological polar surface area (TPSA) is 64.3 Å². The van der Waals surface area contributed by atoms with Crippen LogP contribution >= 0.6 is 23.8 Å². The Bertz CT molecular complexity index is 464. The molecule has 0 aliphatic rings. The van der Waals surface area contributed by atoms with Gasteiger partial charge in [0.2, 0.25) is 0 Å². The number of thiocarbonyl (C=S) groups is 1. The molecule has 0 fully saturated rings. The van der Waals surface area contributed by atoms with Crippen LogP contribution in [0, 0.1) is 0 Å². The summed E-state index contributed by atoms with van der Waals surface area (Å²) in [7, 11) is 0. The minimum Gasteiger partial charge on any atom is -0.484 e. The number of halogens is 1. The zero-order chi connectivity index (χ0) is 14.5. The molecule has 0 saturated heterocycles. The highest BCUT2D eigenvalue weighted by Crippen LogP contribution is 2.15. The molecule has 0 aromatic heterocycles. The van der Waals surface area contributed by atoms with Crippen molar-refractivity contribution in [3.8, 4) is 5.75 Å². The summed E-state index contributed by atoms with van der Waals surface area (Å²) in [6, 6.07) is 6.78. The highest BCUT2D eigenvalue weighted by atomic mass is 35.5. The first-order valence-corrected chi connectivity index (χ1v) is 6.65. The van der Waals surface area contributed by atoms with Gasteiger partial charge in [0.05, 0.1) is 10.5 Å². The monoisotopic (exact) mass is 300 g/mol. The highest BCUT2D eigenvalue weighted by Gasteiger charge is 2.27. The minimum absolute atomic E-state index is 0.0974. The number of rotatable bonds is 6. The van der Waals surface area contributed by atoms with E-state index in [2.05, 4.69) is 5.32 Å². The lowest BCUT2D eigenvalue weighted by Gasteiger charge is -2.28. The second kappa shape index (κ2) is 6.73. The van der Waals surface area contributed by atoms with Gasteiger partial charge in [-0.2, -0.15) is 0 Å². The maximum Gasteiger partial charge on any atom is 0.258 e. The SMILES string of the molecule is CCC(C)(NC(=O)COc1ccc(Cl)cc1)C(N)=S. The second-order valence-electron chi connectivity index (χ2n) is 4.34. The summed E-state index contributed by atoms with van der Waals surface area (Å²) in [6.07, 6.45) is 0.620. The molecule has 1 amide bonds. The Hall–Kier alpha value is -1.33. The van der Waals surface area contributed by atoms with E-state index in [1.165, 1.54) is 0 Å². The molecule has 1 aromatic rings. The number of benzene rings is 1. The number of hydrogen-bond donors (Lipinski definition) is 2. The average molecular weight is 301 g/mol. The molecule has 0 radical (unpaired) electrons. The quantitative estimate of drug-likeness (QED) is 0.791. The maximum absolute atomic E-state index is 11.8. The van der Waals surface area contributed by atoms with Crippen LogP contribution in [0.3, 0.4) is 0 Å². The Kier molecular flexibility index (Phi) is 5.57. The number of ether oxygens (including phenoxy) is 1. The summed E-state index contributed by atoms with van der Waals surface area (Å²) >= 11 is 10.7. The van der Waals surface area contributed by atoms with Gasteiger partial charge in [0.25, 0.3) is 5.91 Å². The third-order valence-electron chi connectivity index (χ3n) is 2.85. The van der Waals surface area contributed by atoms with E-state index >= 15 is 0 Å². The van der Waals surface area contributed by atoms with Gasteiger partial charge in [-0.15, -0.1) is 0 Å². The fourth-order valence-corrected chi connectivity index (χ4v) is 1.67. The molecule has 0 aliphatic carbocycles. The van der Waals surface area contributed by atoms with Crippen molar-refractivity contribution in [2.75, 3.05) is 6.61 Å². The van der Waals surface area contributed by atoms with Gasteiger partial charge in [0, 0.05) is 5.02 Å². The van der Waals surface area contributed by atoms with Gasteiger partial charge >= 0.3 is 0 Å². The number of hydrogen-bond acceptors (Lipinski definition) is 3. The van der Waals surface area contributed by atoms with Gasteiger partial charge in [-0.3, -0.25) is 4.79 Å². The first kappa shape index (κ1) is 15.7. The molecule has 1 aromatic carbocycles. The highest BCUT2D eigenvalue weighted by molar-refractivity contribution is 7.80. The molecule has 1 unspecified atom stereocenters. The van der Waals surface area contributed by atoms with Gasteiger partial charge in [0.15, 0.2) is 6.61 Å². The van der Waals surface area contributed by atoms with E-state index in [1.54, 1.807) is 31.2 Å². The van der Waals surface area contributed by atoms with Gasteiger partial charge in [-0.05, 0) is 37.6 Å². The van der Waals surface area contributed by atoms with Crippen molar-refractivity contribution in [1.82, 2.24) is 5.32 Å². The molecule has 19 heavy (non-hydrogen) atoms. The normalized spacial score (nSPS) is 13.4. The number of carbonyl (C=O) groups is 1. The van der Waals surface area contributed by atoms with E-state index in [9.17, 15) is 4.79 Å². The first-order valence-electron chi connectivity index (χ1n) is 5.86. The van der Waals surface area contributed by atoms with Crippen LogP contribution in [0.15, 0.2) is 24.3 Å². The molecule has 0 spiro atoms. The number of nitrogens with one attached hydrogen (secondary N) is 1. The summed E-state index contributed by atoms with van der Waals surface area (Å²) in [5.41, 5.74) is 4.93. The van der Waals surface area contributed by atoms with E-state index in [0.29, 0.717) is 17.2 Å². The van der Waals surface area contributed by atoms with Gasteiger partial charge in [-0.1, -0.05) is 30.7 Å². The second-order valence-corrected chi connectivity index (χ2v) is 5.22. The predicted molar refractivity (Wildman–Crippen MR) is 80.6 cm³/mol. The van der Waals surface area contributed by atoms with Crippen LogP contribution < -0.4 is 15.8 Å². The zero-order valence-electron chi connectivity index (χ0n) is 10.9. The molecule has 104 valence electrons. The molecular formula is C13H17ClN2O2S. The molecule has 3 N–H and O–H groups in total. The van der Waals surface area contributed by atoms with E-state index in [4.69, 9.17) is 34.3 Å². The fourth-order valence-electron chi connectivity index (χ4n) is 1.35. The fraction of sp³-hybridized carbons (Fsp3) is 0.385. The summed E-state index contributed by atoms with van der Waals surface area (Å²) in [5.74, 6) is 0.306. The van der Waals surface area contributed by atoms with Crippen molar-refractivity contribution in [2.45, 2.75) is 25.8 Å². The molecular weight excluding hydrogens is 284 g/mol. The van der Waals surface area contributed by atoms with Crippen molar-refractivity contribution in [3.05, 3.63) is 29.3 Å². The van der Waals surface area contributed by atoms with Crippen molar-refractivity contribution < 1.29 is 9.53 Å². The van der Waals surface area contributed by atoms with Gasteiger partial charge in [0.1, 0.15) is 5.75 Å². The Balaban J connectivity index is 2.52. The van der Waals surface area contributed by atoms with E-state index < -0.39 is 5.54 Å². The summed E-state index contributed by atoms with van der Waals surface area (Å²) in [4.78, 5) is 12.0. The smallest absolute Gasteiger partial charge is 0.258 e. The van der Waals surface area contributed by atoms with Gasteiger partial charge in [-0.25, -0.2) is 0 Å².